The maximum absolute atomic E-state index is 15.0. The maximum atomic E-state index is 15.0. The SMILES string of the molecule is C[C@H](CC[C@@H](O[C@@H]1O[C@H](CO[C@H]2O[C@H](CO)[C@@H](O)C[C@H]2O)[C@@H](O)[C@H](O)[C@H]1O[C@@H]1O[C@H](CO)[C@@H](O)[C@H](O)[C@H]1O)C(C)(C)O)C1CC[C@@]2(C)C3C(=O)C=C4C(CC[C@H](O[C@@H]5O[C@H](CO)C[C@H](O)[C@H]5O)C4(C)C)[C@]3(C)CC[C@]12C. The van der Waals surface area contributed by atoms with Crippen molar-refractivity contribution in [1.82, 2.24) is 0 Å². The normalized spacial score (nSPS) is 49.5. The minimum Gasteiger partial charge on any atom is -0.394 e. The van der Waals surface area contributed by atoms with Crippen LogP contribution in [0.2, 0.25) is 0 Å². The van der Waals surface area contributed by atoms with Gasteiger partial charge in [-0.05, 0) is 105 Å². The van der Waals surface area contributed by atoms with E-state index in [9.17, 15) is 71.2 Å². The van der Waals surface area contributed by atoms with Crippen molar-refractivity contribution in [1.29, 1.82) is 0 Å². The first-order valence-corrected chi connectivity index (χ1v) is 27.7. The summed E-state index contributed by atoms with van der Waals surface area (Å²) in [6, 6.07) is 0. The molecule has 4 heterocycles. The number of ether oxygens (including phenoxy) is 8. The van der Waals surface area contributed by atoms with E-state index >= 15 is 0 Å². The Morgan fingerprint density at radius 2 is 1.29 bits per heavy atom. The summed E-state index contributed by atoms with van der Waals surface area (Å²) in [5.74, 6) is 0.157. The molecule has 4 saturated heterocycles. The van der Waals surface area contributed by atoms with Gasteiger partial charge in [-0.25, -0.2) is 0 Å². The third-order valence-electron chi connectivity index (χ3n) is 20.2. The zero-order valence-corrected chi connectivity index (χ0v) is 45.3. The smallest absolute Gasteiger partial charge is 0.187 e. The molecule has 0 amide bonds. The Labute approximate surface area is 445 Å². The molecular formula is C54H90O22. The highest BCUT2D eigenvalue weighted by atomic mass is 16.8. The van der Waals surface area contributed by atoms with E-state index < -0.39 is 154 Å². The lowest BCUT2D eigenvalue weighted by molar-refractivity contribution is -0.379. The van der Waals surface area contributed by atoms with Gasteiger partial charge in [-0.15, -0.1) is 0 Å². The Kier molecular flexibility index (Phi) is 18.4. The second kappa shape index (κ2) is 23.1. The van der Waals surface area contributed by atoms with Crippen LogP contribution in [0.1, 0.15) is 120 Å². The molecule has 8 rings (SSSR count). The molecular weight excluding hydrogens is 1000 g/mol. The van der Waals surface area contributed by atoms with Crippen LogP contribution in [0.25, 0.3) is 0 Å². The van der Waals surface area contributed by atoms with Crippen LogP contribution in [0, 0.1) is 45.3 Å². The molecule has 0 aromatic rings. The van der Waals surface area contributed by atoms with Gasteiger partial charge in [0.25, 0.3) is 0 Å². The first kappa shape index (κ1) is 60.7. The lowest BCUT2D eigenvalue weighted by atomic mass is 9.39. The van der Waals surface area contributed by atoms with Gasteiger partial charge in [0, 0.05) is 24.2 Å². The molecule has 4 aliphatic heterocycles. The molecule has 3 unspecified atom stereocenters. The van der Waals surface area contributed by atoms with Crippen molar-refractivity contribution >= 4 is 5.78 Å². The largest absolute Gasteiger partial charge is 0.394 e. The van der Waals surface area contributed by atoms with Crippen LogP contribution in [0.3, 0.4) is 0 Å². The molecule has 0 radical (unpaired) electrons. The van der Waals surface area contributed by atoms with Gasteiger partial charge < -0.3 is 104 Å². The van der Waals surface area contributed by atoms with E-state index in [1.165, 1.54) is 0 Å². The zero-order chi connectivity index (χ0) is 55.8. The molecule has 3 saturated carbocycles. The molecule has 0 bridgehead atoms. The van der Waals surface area contributed by atoms with Crippen molar-refractivity contribution in [2.24, 2.45) is 45.3 Å². The number of carbonyl (C=O) groups excluding carboxylic acids is 1. The highest BCUT2D eigenvalue weighted by Gasteiger charge is 2.70. The first-order chi connectivity index (χ1) is 35.6. The van der Waals surface area contributed by atoms with Gasteiger partial charge in [-0.3, -0.25) is 4.79 Å². The average molecular weight is 1090 g/mol. The number of allylic oxidation sites excluding steroid dienone is 1. The van der Waals surface area contributed by atoms with Gasteiger partial charge in [-0.2, -0.15) is 0 Å². The Bertz CT molecular complexity index is 2000. The topological polar surface area (TPSA) is 354 Å². The van der Waals surface area contributed by atoms with E-state index in [4.69, 9.17) is 37.9 Å². The van der Waals surface area contributed by atoms with Crippen LogP contribution in [0.5, 0.6) is 0 Å². The van der Waals surface area contributed by atoms with Crippen molar-refractivity contribution in [2.75, 3.05) is 26.4 Å². The van der Waals surface area contributed by atoms with Crippen molar-refractivity contribution in [3.8, 4) is 0 Å². The van der Waals surface area contributed by atoms with E-state index in [1.807, 2.05) is 6.08 Å². The summed E-state index contributed by atoms with van der Waals surface area (Å²) in [6.07, 6.45) is -20.2. The lowest BCUT2D eigenvalue weighted by Gasteiger charge is -2.65. The minimum absolute atomic E-state index is 0.0486. The summed E-state index contributed by atoms with van der Waals surface area (Å²) in [7, 11) is 0. The van der Waals surface area contributed by atoms with Crippen LogP contribution < -0.4 is 0 Å². The second-order valence-corrected chi connectivity index (χ2v) is 25.6. The summed E-state index contributed by atoms with van der Waals surface area (Å²) >= 11 is 0. The number of aliphatic hydroxyl groups is 13. The van der Waals surface area contributed by atoms with E-state index in [0.29, 0.717) is 12.8 Å². The Morgan fingerprint density at radius 3 is 1.95 bits per heavy atom. The van der Waals surface area contributed by atoms with Crippen LogP contribution in [0.15, 0.2) is 11.6 Å². The number of aliphatic hydroxyl groups excluding tert-OH is 12. The van der Waals surface area contributed by atoms with Gasteiger partial charge in [0.1, 0.15) is 67.1 Å². The third kappa shape index (κ3) is 11.0. The summed E-state index contributed by atoms with van der Waals surface area (Å²) in [4.78, 5) is 15.0. The number of hydrogen-bond acceptors (Lipinski definition) is 22. The molecule has 76 heavy (non-hydrogen) atoms. The quantitative estimate of drug-likeness (QED) is 0.0834. The number of carbonyl (C=O) groups is 1. The zero-order valence-electron chi connectivity index (χ0n) is 45.3. The highest BCUT2D eigenvalue weighted by Crippen LogP contribution is 2.74. The van der Waals surface area contributed by atoms with Crippen LogP contribution in [0.4, 0.5) is 0 Å². The van der Waals surface area contributed by atoms with Gasteiger partial charge in [-0.1, -0.05) is 47.1 Å². The first-order valence-electron chi connectivity index (χ1n) is 27.7. The Morgan fingerprint density at radius 1 is 0.645 bits per heavy atom. The van der Waals surface area contributed by atoms with E-state index in [1.54, 1.807) is 13.8 Å². The summed E-state index contributed by atoms with van der Waals surface area (Å²) in [6.45, 7) is 14.1. The number of fused-ring (bicyclic) bond motifs is 5. The average Bonchev–Trinajstić information content (AvgIpc) is 3.85. The summed E-state index contributed by atoms with van der Waals surface area (Å²) in [5, 5.41) is 139. The molecule has 13 N–H and O–H groups in total. The fourth-order valence-corrected chi connectivity index (χ4v) is 15.3. The molecule has 22 nitrogen and oxygen atoms in total. The molecule has 0 aromatic carbocycles. The van der Waals surface area contributed by atoms with Crippen molar-refractivity contribution < 1.29 is 109 Å². The minimum atomic E-state index is -1.90. The molecule has 27 atom stereocenters. The summed E-state index contributed by atoms with van der Waals surface area (Å²) in [5.41, 5.74) is -2.11. The molecule has 438 valence electrons. The molecule has 8 aliphatic rings. The van der Waals surface area contributed by atoms with Crippen molar-refractivity contribution in [3.05, 3.63) is 11.6 Å². The van der Waals surface area contributed by atoms with Crippen LogP contribution >= 0.6 is 0 Å². The fourth-order valence-electron chi connectivity index (χ4n) is 15.3. The van der Waals surface area contributed by atoms with Crippen molar-refractivity contribution in [3.63, 3.8) is 0 Å². The molecule has 7 fully saturated rings. The van der Waals surface area contributed by atoms with E-state index in [-0.39, 0.29) is 71.6 Å². The molecule has 22 heteroatoms. The maximum Gasteiger partial charge on any atom is 0.187 e. The predicted octanol–water partition coefficient (Wildman–Crippen LogP) is -0.965. The molecule has 0 aromatic heterocycles. The van der Waals surface area contributed by atoms with Crippen LogP contribution in [-0.2, 0) is 42.7 Å². The molecule has 0 spiro atoms. The molecule has 4 aliphatic carbocycles. The van der Waals surface area contributed by atoms with Gasteiger partial charge in [0.05, 0.1) is 62.5 Å². The van der Waals surface area contributed by atoms with Crippen LogP contribution in [-0.4, -0.2) is 227 Å². The Balaban J connectivity index is 0.984. The number of ketones is 1. The number of rotatable bonds is 17. The monoisotopic (exact) mass is 1090 g/mol. The summed E-state index contributed by atoms with van der Waals surface area (Å²) < 4.78 is 48.1. The lowest BCUT2D eigenvalue weighted by Crippen LogP contribution is -2.65. The standard InChI is InChI=1S/C54H90O22/c1-24(26-13-14-54(8)45-31(60)18-28-27(52(45,6)15-16-53(26,54)7)10-12-36(50(28,2)3)74-47-38(62)30(59)17-25(20-55)70-47)9-11-37(51(4,5)68)75-49-44(76-48-43(67)41(65)39(63)34(22-57)72-48)42(66)40(64)35(73-49)23-69-46-32(61)19-29(58)33(21-56)71-46/h18,24-27,29-30,32-49,55-59,61-68H,9-17,19-23H2,1-8H3/t24-,25+,26?,27?,29+,30+,32-,33-,34-,35-,36+,37-,38-,39-,40-,41+,42+,43-,44-,45?,46+,47+,48+,49+,52+,53-,54+/m1/s1. The van der Waals surface area contributed by atoms with Gasteiger partial charge >= 0.3 is 0 Å². The predicted molar refractivity (Wildman–Crippen MR) is 264 cm³/mol. The van der Waals surface area contributed by atoms with Gasteiger partial charge in [0.2, 0.25) is 0 Å². The fraction of sp³-hybridized carbons (Fsp3) is 0.944. The van der Waals surface area contributed by atoms with Crippen molar-refractivity contribution in [2.45, 2.75) is 248 Å². The van der Waals surface area contributed by atoms with E-state index in [2.05, 4.69) is 41.5 Å². The second-order valence-electron chi connectivity index (χ2n) is 25.6. The highest BCUT2D eigenvalue weighted by molar-refractivity contribution is 5.95. The Hall–Kier alpha value is -1.43. The number of hydrogen-bond donors (Lipinski definition) is 13. The van der Waals surface area contributed by atoms with E-state index in [0.717, 1.165) is 37.7 Å². The van der Waals surface area contributed by atoms with Gasteiger partial charge in [0.15, 0.2) is 30.9 Å². The third-order valence-corrected chi connectivity index (χ3v) is 20.2.